The van der Waals surface area contributed by atoms with Crippen molar-refractivity contribution in [1.82, 2.24) is 10.2 Å². The first-order valence-corrected chi connectivity index (χ1v) is 15.6. The quantitative estimate of drug-likeness (QED) is 0.134. The summed E-state index contributed by atoms with van der Waals surface area (Å²) in [6.45, 7) is -0.519. The Kier molecular flexibility index (Phi) is 10.7. The van der Waals surface area contributed by atoms with Gasteiger partial charge in [-0.25, -0.2) is 4.79 Å². The summed E-state index contributed by atoms with van der Waals surface area (Å²) in [6.07, 6.45) is -1.10. The molecule has 1 aliphatic rings. The van der Waals surface area contributed by atoms with Gasteiger partial charge in [0, 0.05) is 30.5 Å². The average molecular weight is 741 g/mol. The molecule has 0 radical (unpaired) electrons. The van der Waals surface area contributed by atoms with Crippen LogP contribution in [0.4, 0.5) is 0 Å². The monoisotopic (exact) mass is 740 g/mol. The largest absolute Gasteiger partial charge is 0.493 e. The van der Waals surface area contributed by atoms with Crippen LogP contribution in [0.5, 0.6) is 11.5 Å². The Hall–Kier alpha value is -4.24. The lowest BCUT2D eigenvalue weighted by atomic mass is 9.87. The molecular formula is C34H33IN2O9. The SMILES string of the molecule is COc1cc(CO)cc(I)c1O[C@H]1C=C(C(=O)NCCO)C[C@@H](N(Cc2ccccc2)C(=O)c2cc3ccccc3oc2=O)[C@@H]1O. The van der Waals surface area contributed by atoms with Crippen molar-refractivity contribution >= 4 is 45.4 Å². The van der Waals surface area contributed by atoms with Crippen molar-refractivity contribution < 1.29 is 38.8 Å². The van der Waals surface area contributed by atoms with Crippen molar-refractivity contribution in [3.63, 3.8) is 0 Å². The number of hydrogen-bond acceptors (Lipinski definition) is 9. The minimum absolute atomic E-state index is 0.00201. The van der Waals surface area contributed by atoms with Gasteiger partial charge in [0.1, 0.15) is 23.4 Å². The summed E-state index contributed by atoms with van der Waals surface area (Å²) in [5.74, 6) is -0.625. The number of halogens is 1. The zero-order chi connectivity index (χ0) is 32.8. The molecule has 4 aromatic rings. The smallest absolute Gasteiger partial charge is 0.349 e. The zero-order valence-electron chi connectivity index (χ0n) is 24.9. The number of methoxy groups -OCH3 is 1. The van der Waals surface area contributed by atoms with Crippen LogP contribution < -0.4 is 20.4 Å². The van der Waals surface area contributed by atoms with Crippen LogP contribution >= 0.6 is 22.6 Å². The highest BCUT2D eigenvalue weighted by Gasteiger charge is 2.42. The maximum absolute atomic E-state index is 14.3. The van der Waals surface area contributed by atoms with Crippen molar-refractivity contribution in [2.75, 3.05) is 20.3 Å². The van der Waals surface area contributed by atoms with Gasteiger partial charge in [0.15, 0.2) is 11.5 Å². The molecule has 240 valence electrons. The van der Waals surface area contributed by atoms with Crippen molar-refractivity contribution in [2.24, 2.45) is 0 Å². The summed E-state index contributed by atoms with van der Waals surface area (Å²) < 4.78 is 17.9. The van der Waals surface area contributed by atoms with E-state index in [1.54, 1.807) is 36.4 Å². The number of rotatable bonds is 11. The van der Waals surface area contributed by atoms with Gasteiger partial charge in [0.2, 0.25) is 5.91 Å². The molecule has 5 rings (SSSR count). The summed E-state index contributed by atoms with van der Waals surface area (Å²) >= 11 is 2.03. The summed E-state index contributed by atoms with van der Waals surface area (Å²) in [5.41, 5.74) is 0.791. The molecule has 12 heteroatoms. The van der Waals surface area contributed by atoms with E-state index in [1.165, 1.54) is 24.2 Å². The molecule has 0 aliphatic heterocycles. The summed E-state index contributed by atoms with van der Waals surface area (Å²) in [4.78, 5) is 42.0. The molecule has 1 heterocycles. The van der Waals surface area contributed by atoms with Gasteiger partial charge in [0.25, 0.3) is 5.91 Å². The topological polar surface area (TPSA) is 159 Å². The Morgan fingerprint density at radius 3 is 2.50 bits per heavy atom. The molecule has 2 amide bonds. The molecule has 3 atom stereocenters. The molecule has 1 aromatic heterocycles. The van der Waals surface area contributed by atoms with E-state index in [0.29, 0.717) is 25.9 Å². The molecule has 11 nitrogen and oxygen atoms in total. The van der Waals surface area contributed by atoms with Crippen LogP contribution in [0.3, 0.4) is 0 Å². The van der Waals surface area contributed by atoms with E-state index in [1.807, 2.05) is 52.9 Å². The van der Waals surface area contributed by atoms with E-state index < -0.39 is 35.7 Å². The Morgan fingerprint density at radius 1 is 1.04 bits per heavy atom. The van der Waals surface area contributed by atoms with E-state index in [-0.39, 0.29) is 49.6 Å². The molecule has 0 unspecified atom stereocenters. The van der Waals surface area contributed by atoms with Crippen LogP contribution in [0.1, 0.15) is 27.9 Å². The Balaban J connectivity index is 1.59. The number of aliphatic hydroxyl groups is 3. The number of para-hydroxylation sites is 1. The van der Waals surface area contributed by atoms with Gasteiger partial charge >= 0.3 is 5.63 Å². The van der Waals surface area contributed by atoms with E-state index in [2.05, 4.69) is 5.32 Å². The number of amides is 2. The Bertz CT molecular complexity index is 1810. The molecule has 0 saturated carbocycles. The molecule has 0 bridgehead atoms. The van der Waals surface area contributed by atoms with Gasteiger partial charge in [-0.3, -0.25) is 9.59 Å². The van der Waals surface area contributed by atoms with Gasteiger partial charge < -0.3 is 39.4 Å². The van der Waals surface area contributed by atoms with Crippen molar-refractivity contribution in [3.05, 3.63) is 115 Å². The third kappa shape index (κ3) is 7.25. The van der Waals surface area contributed by atoms with Crippen LogP contribution in [0.25, 0.3) is 11.0 Å². The first-order valence-electron chi connectivity index (χ1n) is 14.5. The fourth-order valence-electron chi connectivity index (χ4n) is 5.38. The number of hydrogen-bond donors (Lipinski definition) is 4. The number of carbonyl (C=O) groups excluding carboxylic acids is 2. The second kappa shape index (κ2) is 14.9. The minimum Gasteiger partial charge on any atom is -0.493 e. The van der Waals surface area contributed by atoms with E-state index >= 15 is 0 Å². The molecule has 3 aromatic carbocycles. The number of nitrogens with zero attached hydrogens (tertiary/aromatic N) is 1. The van der Waals surface area contributed by atoms with Crippen molar-refractivity contribution in [1.29, 1.82) is 0 Å². The first kappa shape index (κ1) is 33.1. The fraction of sp³-hybridized carbons (Fsp3) is 0.265. The predicted octanol–water partition coefficient (Wildman–Crippen LogP) is 3.16. The van der Waals surface area contributed by atoms with Crippen molar-refractivity contribution in [2.45, 2.75) is 37.8 Å². The number of benzene rings is 3. The summed E-state index contributed by atoms with van der Waals surface area (Å²) in [5, 5.41) is 34.0. The average Bonchev–Trinajstić information content (AvgIpc) is 3.07. The van der Waals surface area contributed by atoms with Crippen LogP contribution in [0.15, 0.2) is 93.7 Å². The number of nitrogens with one attached hydrogen (secondary N) is 1. The number of aliphatic hydroxyl groups excluding tert-OH is 3. The maximum Gasteiger partial charge on any atom is 0.349 e. The highest BCUT2D eigenvalue weighted by atomic mass is 127. The standard InChI is InChI=1S/C34H33IN2O9/c1-44-29-14-21(19-39)13-25(35)31(29)45-28-17-23(32(41)36-11-12-38)16-26(30(28)40)37(18-20-7-3-2-4-8-20)33(42)24-15-22-9-5-6-10-27(22)46-34(24)43/h2-10,13-15,17,26,28,30,38-40H,11-12,16,18-19H2,1H3,(H,36,41)/t26-,28+,30+/m1/s1. The predicted molar refractivity (Wildman–Crippen MR) is 177 cm³/mol. The molecule has 46 heavy (non-hydrogen) atoms. The molecule has 0 spiro atoms. The van der Waals surface area contributed by atoms with E-state index in [9.17, 15) is 29.7 Å². The lowest BCUT2D eigenvalue weighted by Crippen LogP contribution is -2.55. The lowest BCUT2D eigenvalue weighted by Gasteiger charge is -2.40. The summed E-state index contributed by atoms with van der Waals surface area (Å²) in [6, 6.07) is 19.6. The minimum atomic E-state index is -1.37. The van der Waals surface area contributed by atoms with Gasteiger partial charge in [-0.15, -0.1) is 0 Å². The number of ether oxygens (including phenoxy) is 2. The van der Waals surface area contributed by atoms with E-state index in [0.717, 1.165) is 5.56 Å². The molecule has 0 fully saturated rings. The maximum atomic E-state index is 14.3. The third-order valence-corrected chi connectivity index (χ3v) is 8.47. The van der Waals surface area contributed by atoms with E-state index in [4.69, 9.17) is 13.9 Å². The van der Waals surface area contributed by atoms with Gasteiger partial charge in [-0.05, 0) is 64.1 Å². The van der Waals surface area contributed by atoms with Crippen LogP contribution in [0.2, 0.25) is 0 Å². The molecule has 4 N–H and O–H groups in total. The lowest BCUT2D eigenvalue weighted by molar-refractivity contribution is -0.118. The van der Waals surface area contributed by atoms with Crippen molar-refractivity contribution in [3.8, 4) is 11.5 Å². The fourth-order valence-corrected chi connectivity index (χ4v) is 6.17. The normalized spacial score (nSPS) is 17.7. The second-order valence-electron chi connectivity index (χ2n) is 10.7. The number of fused-ring (bicyclic) bond motifs is 1. The summed E-state index contributed by atoms with van der Waals surface area (Å²) in [7, 11) is 1.44. The third-order valence-electron chi connectivity index (χ3n) is 7.67. The first-order chi connectivity index (χ1) is 22.2. The van der Waals surface area contributed by atoms with Crippen LogP contribution in [-0.4, -0.2) is 70.5 Å². The zero-order valence-corrected chi connectivity index (χ0v) is 27.0. The van der Waals surface area contributed by atoms with Crippen LogP contribution in [-0.2, 0) is 17.9 Å². The highest BCUT2D eigenvalue weighted by molar-refractivity contribution is 14.1. The van der Waals surface area contributed by atoms with Crippen LogP contribution in [0, 0.1) is 3.57 Å². The second-order valence-corrected chi connectivity index (χ2v) is 11.8. The Labute approximate surface area is 278 Å². The van der Waals surface area contributed by atoms with Gasteiger partial charge in [0.05, 0.1) is 29.9 Å². The molecular weight excluding hydrogens is 707 g/mol. The van der Waals surface area contributed by atoms with Gasteiger partial charge in [-0.2, -0.15) is 0 Å². The number of carbonyl (C=O) groups is 2. The van der Waals surface area contributed by atoms with Gasteiger partial charge in [-0.1, -0.05) is 48.5 Å². The Morgan fingerprint density at radius 2 is 1.78 bits per heavy atom. The molecule has 0 saturated heterocycles. The molecule has 1 aliphatic carbocycles. The highest BCUT2D eigenvalue weighted by Crippen LogP contribution is 2.37.